The van der Waals surface area contributed by atoms with Crippen molar-refractivity contribution in [3.8, 4) is 5.75 Å². The number of carbonyl (C=O) groups is 2. The molecular formula is C23H21BrN2O7. The Labute approximate surface area is 198 Å². The van der Waals surface area contributed by atoms with Gasteiger partial charge in [-0.3, -0.25) is 15.1 Å². The van der Waals surface area contributed by atoms with Crippen molar-refractivity contribution in [2.24, 2.45) is 4.99 Å². The Morgan fingerprint density at radius 1 is 1.27 bits per heavy atom. The molecule has 1 unspecified atom stereocenters. The van der Waals surface area contributed by atoms with E-state index in [0.29, 0.717) is 30.3 Å². The van der Waals surface area contributed by atoms with Gasteiger partial charge in [-0.15, -0.1) is 0 Å². The van der Waals surface area contributed by atoms with Crippen molar-refractivity contribution in [2.75, 3.05) is 6.54 Å². The van der Waals surface area contributed by atoms with Gasteiger partial charge in [0, 0.05) is 24.3 Å². The number of fused-ring (bicyclic) bond motifs is 1. The number of esters is 1. The Kier molecular flexibility index (Phi) is 7.27. The monoisotopic (exact) mass is 516 g/mol. The number of aliphatic carboxylic acids is 1. The van der Waals surface area contributed by atoms with E-state index in [9.17, 15) is 19.7 Å². The number of carbonyl (C=O) groups excluding carboxylic acids is 1. The van der Waals surface area contributed by atoms with Crippen molar-refractivity contribution in [2.45, 2.75) is 32.0 Å². The topological polar surface area (TPSA) is 128 Å². The summed E-state index contributed by atoms with van der Waals surface area (Å²) in [4.78, 5) is 38.6. The molecule has 1 aliphatic rings. The lowest BCUT2D eigenvalue weighted by Gasteiger charge is -2.39. The molecule has 172 valence electrons. The number of nitro groups is 1. The van der Waals surface area contributed by atoms with Gasteiger partial charge >= 0.3 is 11.9 Å². The standard InChI is InChI=1S/C23H21BrN2O7/c1-23(2)22(32-20(29)9-8-19(27)28)21(25-11-10-14-6-4-3-5-7-14)15-12-16(24)17(26(30)31)13-18(15)33-23/h3-9,12-13,22H,10-11H2,1-2H3,(H,27,28). The first-order valence-electron chi connectivity index (χ1n) is 9.95. The van der Waals surface area contributed by atoms with Gasteiger partial charge in [0.25, 0.3) is 5.69 Å². The number of nitrogens with zero attached hydrogens (tertiary/aromatic N) is 2. The van der Waals surface area contributed by atoms with Crippen molar-refractivity contribution >= 4 is 39.3 Å². The van der Waals surface area contributed by atoms with Crippen molar-refractivity contribution in [1.29, 1.82) is 0 Å². The molecule has 3 rings (SSSR count). The fourth-order valence-electron chi connectivity index (χ4n) is 3.39. The number of carboxylic acid groups (broad SMARTS) is 1. The molecule has 0 fully saturated rings. The second kappa shape index (κ2) is 9.95. The minimum Gasteiger partial charge on any atom is -0.483 e. The van der Waals surface area contributed by atoms with E-state index in [4.69, 9.17) is 14.6 Å². The van der Waals surface area contributed by atoms with Crippen molar-refractivity contribution in [3.05, 3.63) is 80.3 Å². The Balaban J connectivity index is 2.03. The number of ether oxygens (including phenoxy) is 2. The number of carboxylic acids is 1. The molecule has 33 heavy (non-hydrogen) atoms. The Bertz CT molecular complexity index is 1140. The van der Waals surface area contributed by atoms with E-state index in [-0.39, 0.29) is 15.9 Å². The highest BCUT2D eigenvalue weighted by Crippen LogP contribution is 2.40. The van der Waals surface area contributed by atoms with Crippen LogP contribution in [0.2, 0.25) is 0 Å². The lowest BCUT2D eigenvalue weighted by Crippen LogP contribution is -2.53. The van der Waals surface area contributed by atoms with Crippen LogP contribution in [0, 0.1) is 10.1 Å². The van der Waals surface area contributed by atoms with E-state index in [1.165, 1.54) is 12.1 Å². The maximum Gasteiger partial charge on any atom is 0.331 e. The molecule has 1 aliphatic heterocycles. The zero-order chi connectivity index (χ0) is 24.2. The van der Waals surface area contributed by atoms with Crippen LogP contribution in [0.1, 0.15) is 25.0 Å². The third-order valence-corrected chi connectivity index (χ3v) is 5.53. The zero-order valence-electron chi connectivity index (χ0n) is 17.9. The van der Waals surface area contributed by atoms with E-state index >= 15 is 0 Å². The number of halogens is 1. The van der Waals surface area contributed by atoms with Gasteiger partial charge in [0.2, 0.25) is 0 Å². The van der Waals surface area contributed by atoms with Crippen LogP contribution in [0.3, 0.4) is 0 Å². The van der Waals surface area contributed by atoms with E-state index in [1.54, 1.807) is 13.8 Å². The maximum atomic E-state index is 12.3. The Hall–Kier alpha value is -3.53. The molecule has 0 amide bonds. The Morgan fingerprint density at radius 3 is 2.61 bits per heavy atom. The molecule has 1 atom stereocenters. The summed E-state index contributed by atoms with van der Waals surface area (Å²) in [5.41, 5.74) is 0.585. The summed E-state index contributed by atoms with van der Waals surface area (Å²) in [6.07, 6.45) is 1.12. The predicted molar refractivity (Wildman–Crippen MR) is 124 cm³/mol. The summed E-state index contributed by atoms with van der Waals surface area (Å²) in [6, 6.07) is 12.5. The molecule has 0 aromatic heterocycles. The number of hydrogen-bond donors (Lipinski definition) is 1. The van der Waals surface area contributed by atoms with Crippen LogP contribution in [-0.4, -0.2) is 45.9 Å². The molecule has 10 heteroatoms. The quantitative estimate of drug-likeness (QED) is 0.253. The van der Waals surface area contributed by atoms with Gasteiger partial charge in [0.15, 0.2) is 6.10 Å². The zero-order valence-corrected chi connectivity index (χ0v) is 19.4. The molecule has 9 nitrogen and oxygen atoms in total. The highest BCUT2D eigenvalue weighted by atomic mass is 79.9. The number of hydrogen-bond acceptors (Lipinski definition) is 7. The molecule has 1 heterocycles. The van der Waals surface area contributed by atoms with Crippen molar-refractivity contribution < 1.29 is 29.1 Å². The second-order valence-electron chi connectivity index (χ2n) is 7.75. The van der Waals surface area contributed by atoms with E-state index in [2.05, 4.69) is 20.9 Å². The molecule has 0 bridgehead atoms. The molecular weight excluding hydrogens is 496 g/mol. The van der Waals surface area contributed by atoms with Crippen LogP contribution < -0.4 is 4.74 Å². The van der Waals surface area contributed by atoms with Crippen LogP contribution >= 0.6 is 15.9 Å². The minimum absolute atomic E-state index is 0.173. The first-order chi connectivity index (χ1) is 15.6. The van der Waals surface area contributed by atoms with Gasteiger partial charge in [-0.25, -0.2) is 9.59 Å². The van der Waals surface area contributed by atoms with Gasteiger partial charge in [0.05, 0.1) is 21.2 Å². The largest absolute Gasteiger partial charge is 0.483 e. The number of rotatable bonds is 7. The molecule has 0 saturated heterocycles. The molecule has 0 aliphatic carbocycles. The third kappa shape index (κ3) is 5.83. The van der Waals surface area contributed by atoms with Gasteiger partial charge in [-0.1, -0.05) is 30.3 Å². The van der Waals surface area contributed by atoms with E-state index in [1.807, 2.05) is 30.3 Å². The summed E-state index contributed by atoms with van der Waals surface area (Å²) >= 11 is 3.21. The average Bonchev–Trinajstić information content (AvgIpc) is 2.75. The summed E-state index contributed by atoms with van der Waals surface area (Å²) in [5.74, 6) is -1.93. The van der Waals surface area contributed by atoms with E-state index in [0.717, 1.165) is 11.6 Å². The van der Waals surface area contributed by atoms with Crippen LogP contribution in [0.25, 0.3) is 0 Å². The number of aliphatic imine (C=N–C) groups is 1. The highest BCUT2D eigenvalue weighted by molar-refractivity contribution is 9.10. The van der Waals surface area contributed by atoms with Gasteiger partial charge in [-0.2, -0.15) is 0 Å². The molecule has 1 N–H and O–H groups in total. The average molecular weight is 517 g/mol. The fraction of sp³-hybridized carbons (Fsp3) is 0.261. The van der Waals surface area contributed by atoms with Crippen molar-refractivity contribution in [3.63, 3.8) is 0 Å². The van der Waals surface area contributed by atoms with Crippen LogP contribution in [0.4, 0.5) is 5.69 Å². The first-order valence-corrected chi connectivity index (χ1v) is 10.7. The summed E-state index contributed by atoms with van der Waals surface area (Å²) in [6.45, 7) is 3.69. The van der Waals surface area contributed by atoms with Crippen molar-refractivity contribution in [1.82, 2.24) is 0 Å². The van der Waals surface area contributed by atoms with Gasteiger partial charge in [0.1, 0.15) is 11.4 Å². The lowest BCUT2D eigenvalue weighted by atomic mass is 9.88. The minimum atomic E-state index is -1.29. The number of nitro benzene ring substituents is 1. The SMILES string of the molecule is CC1(C)Oc2cc([N+](=O)[O-])c(Br)cc2C(=NCCc2ccccc2)C1OC(=O)C=CC(=O)O. The summed E-state index contributed by atoms with van der Waals surface area (Å²) in [7, 11) is 0. The van der Waals surface area contributed by atoms with Gasteiger partial charge in [-0.05, 0) is 47.8 Å². The van der Waals surface area contributed by atoms with Gasteiger partial charge < -0.3 is 14.6 Å². The Morgan fingerprint density at radius 2 is 1.97 bits per heavy atom. The summed E-state index contributed by atoms with van der Waals surface area (Å²) < 4.78 is 11.8. The molecule has 0 spiro atoms. The smallest absolute Gasteiger partial charge is 0.331 e. The van der Waals surface area contributed by atoms with Crippen LogP contribution in [-0.2, 0) is 20.7 Å². The molecule has 2 aromatic carbocycles. The van der Waals surface area contributed by atoms with E-state index < -0.39 is 28.6 Å². The third-order valence-electron chi connectivity index (χ3n) is 4.90. The fourth-order valence-corrected chi connectivity index (χ4v) is 3.87. The molecule has 2 aromatic rings. The normalized spacial score (nSPS) is 17.9. The highest BCUT2D eigenvalue weighted by Gasteiger charge is 2.45. The molecule has 0 saturated carbocycles. The predicted octanol–water partition coefficient (Wildman–Crippen LogP) is 4.11. The second-order valence-corrected chi connectivity index (χ2v) is 8.61. The molecule has 0 radical (unpaired) electrons. The van der Waals surface area contributed by atoms with Crippen LogP contribution in [0.15, 0.2) is 64.1 Å². The lowest BCUT2D eigenvalue weighted by molar-refractivity contribution is -0.385. The first kappa shape index (κ1) is 24.1. The number of benzene rings is 2. The van der Waals surface area contributed by atoms with Crippen LogP contribution in [0.5, 0.6) is 5.75 Å². The maximum absolute atomic E-state index is 12.3. The summed E-state index contributed by atoms with van der Waals surface area (Å²) in [5, 5.41) is 20.2.